The predicted molar refractivity (Wildman–Crippen MR) is 59.0 cm³/mol. The van der Waals surface area contributed by atoms with E-state index in [4.69, 9.17) is 9.84 Å². The van der Waals surface area contributed by atoms with Crippen LogP contribution < -0.4 is 5.32 Å². The minimum absolute atomic E-state index is 0.353. The molecule has 1 amide bonds. The third kappa shape index (κ3) is 6.24. The second kappa shape index (κ2) is 8.43. The van der Waals surface area contributed by atoms with E-state index >= 15 is 0 Å². The van der Waals surface area contributed by atoms with Crippen LogP contribution in [0.25, 0.3) is 0 Å². The normalized spacial score (nSPS) is 13.3. The largest absolute Gasteiger partial charge is 0.479 e. The summed E-state index contributed by atoms with van der Waals surface area (Å²) < 4.78 is 5.14. The van der Waals surface area contributed by atoms with E-state index in [1.165, 1.54) is 6.08 Å². The van der Waals surface area contributed by atoms with Crippen molar-refractivity contribution in [1.29, 1.82) is 0 Å². The number of halogens is 1. The summed E-state index contributed by atoms with van der Waals surface area (Å²) in [5, 5.41) is 11.5. The fraction of sp³-hybridized carbons (Fsp3) is 0.556. The third-order valence-corrected chi connectivity index (χ3v) is 2.30. The summed E-state index contributed by atoms with van der Waals surface area (Å²) in [5.41, 5.74) is 0.776. The maximum absolute atomic E-state index is 10.7. The molecule has 0 aliphatic rings. The molecule has 0 bridgehead atoms. The summed E-state index contributed by atoms with van der Waals surface area (Å²) in [6.45, 7) is 2.76. The van der Waals surface area contributed by atoms with E-state index in [1.807, 2.05) is 6.92 Å². The first kappa shape index (κ1) is 14.1. The number of carboxylic acids is 1. The summed E-state index contributed by atoms with van der Waals surface area (Å²) in [7, 11) is 0. The van der Waals surface area contributed by atoms with Crippen LogP contribution in [0.4, 0.5) is 0 Å². The van der Waals surface area contributed by atoms with Crippen molar-refractivity contribution in [3.8, 4) is 0 Å². The zero-order valence-electron chi connectivity index (χ0n) is 8.40. The van der Waals surface area contributed by atoms with Crippen LogP contribution in [0.5, 0.6) is 0 Å². The average molecular weight is 280 g/mol. The van der Waals surface area contributed by atoms with E-state index in [0.29, 0.717) is 25.0 Å². The van der Waals surface area contributed by atoms with E-state index < -0.39 is 12.0 Å². The Hall–Kier alpha value is -0.880. The first-order valence-electron chi connectivity index (χ1n) is 4.41. The lowest BCUT2D eigenvalue weighted by Gasteiger charge is -2.09. The number of alkyl halides is 1. The second-order valence-electron chi connectivity index (χ2n) is 2.70. The lowest BCUT2D eigenvalue weighted by molar-refractivity contribution is -0.139. The van der Waals surface area contributed by atoms with Crippen LogP contribution in [0.1, 0.15) is 6.92 Å². The molecule has 1 unspecified atom stereocenters. The molecule has 0 heterocycles. The highest BCUT2D eigenvalue weighted by atomic mass is 79.9. The molecule has 2 N–H and O–H groups in total. The van der Waals surface area contributed by atoms with Crippen molar-refractivity contribution >= 4 is 28.3 Å². The quantitative estimate of drug-likeness (QED) is 0.386. The van der Waals surface area contributed by atoms with Gasteiger partial charge in [0.1, 0.15) is 6.04 Å². The summed E-state index contributed by atoms with van der Waals surface area (Å²) >= 11 is 3.22. The van der Waals surface area contributed by atoms with Gasteiger partial charge in [-0.3, -0.25) is 4.79 Å². The van der Waals surface area contributed by atoms with Gasteiger partial charge in [0.05, 0.1) is 6.61 Å². The van der Waals surface area contributed by atoms with Crippen LogP contribution in [-0.2, 0) is 14.3 Å². The number of nitrogens with one attached hydrogen (secondary N) is 1. The van der Waals surface area contributed by atoms with E-state index in [9.17, 15) is 9.59 Å². The predicted octanol–water partition coefficient (Wildman–Crippen LogP) is 0.543. The monoisotopic (exact) mass is 279 g/mol. The Kier molecular flexibility index (Phi) is 7.94. The molecule has 0 radical (unpaired) electrons. The van der Waals surface area contributed by atoms with Crippen LogP contribution >= 0.6 is 15.9 Å². The van der Waals surface area contributed by atoms with E-state index in [-0.39, 0.29) is 0 Å². The lowest BCUT2D eigenvalue weighted by atomic mass is 10.2. The van der Waals surface area contributed by atoms with Gasteiger partial charge >= 0.3 is 5.97 Å². The number of amides is 1. The average Bonchev–Trinajstić information content (AvgIpc) is 2.22. The third-order valence-electron chi connectivity index (χ3n) is 1.58. The molecule has 0 aromatic heterocycles. The minimum Gasteiger partial charge on any atom is -0.479 e. The zero-order valence-corrected chi connectivity index (χ0v) is 9.99. The standard InChI is InChI=1S/C9H14BrNO4/c1-2-15-5-7(4-10)3-8(9(13)14)11-6-12/h3,6,8H,2,4-5H2,1H3,(H,11,12)(H,13,14)/b7-3+. The zero-order chi connectivity index (χ0) is 11.7. The van der Waals surface area contributed by atoms with Gasteiger partial charge in [-0.1, -0.05) is 15.9 Å². The summed E-state index contributed by atoms with van der Waals surface area (Å²) in [6.07, 6.45) is 1.82. The van der Waals surface area contributed by atoms with Gasteiger partial charge in [0.25, 0.3) is 0 Å². The molecule has 5 nitrogen and oxygen atoms in total. The SMILES string of the molecule is CCOC/C(=C/C(NC=O)C(=O)O)CBr. The Morgan fingerprint density at radius 2 is 2.33 bits per heavy atom. The Balaban J connectivity index is 4.44. The van der Waals surface area contributed by atoms with Crippen LogP contribution in [0.2, 0.25) is 0 Å². The molecule has 15 heavy (non-hydrogen) atoms. The summed E-state index contributed by atoms with van der Waals surface area (Å²) in [5.74, 6) is -1.10. The molecular formula is C9H14BrNO4. The summed E-state index contributed by atoms with van der Waals surface area (Å²) in [4.78, 5) is 20.8. The van der Waals surface area contributed by atoms with Crippen LogP contribution in [0.3, 0.4) is 0 Å². The number of ether oxygens (including phenoxy) is 1. The molecule has 6 heteroatoms. The highest BCUT2D eigenvalue weighted by Gasteiger charge is 2.13. The number of hydrogen-bond acceptors (Lipinski definition) is 3. The number of rotatable bonds is 8. The number of hydrogen-bond donors (Lipinski definition) is 2. The molecule has 0 saturated carbocycles. The summed E-state index contributed by atoms with van der Waals surface area (Å²) in [6, 6.07) is -1.00. The number of aliphatic carboxylic acids is 1. The van der Waals surface area contributed by atoms with Crippen LogP contribution in [0, 0.1) is 0 Å². The van der Waals surface area contributed by atoms with Crippen molar-refractivity contribution in [3.05, 3.63) is 11.6 Å². The van der Waals surface area contributed by atoms with Gasteiger partial charge in [-0.25, -0.2) is 4.79 Å². The number of carbonyl (C=O) groups is 2. The molecule has 0 aromatic rings. The van der Waals surface area contributed by atoms with Crippen molar-refractivity contribution in [1.82, 2.24) is 5.32 Å². The van der Waals surface area contributed by atoms with Crippen molar-refractivity contribution < 1.29 is 19.4 Å². The van der Waals surface area contributed by atoms with Gasteiger partial charge in [-0.2, -0.15) is 0 Å². The highest BCUT2D eigenvalue weighted by Crippen LogP contribution is 2.03. The van der Waals surface area contributed by atoms with Crippen molar-refractivity contribution in [3.63, 3.8) is 0 Å². The molecular weight excluding hydrogens is 266 g/mol. The maximum atomic E-state index is 10.7. The van der Waals surface area contributed by atoms with E-state index in [1.54, 1.807) is 0 Å². The Morgan fingerprint density at radius 3 is 2.73 bits per heavy atom. The Bertz CT molecular complexity index is 242. The topological polar surface area (TPSA) is 75.6 Å². The van der Waals surface area contributed by atoms with Crippen molar-refractivity contribution in [2.24, 2.45) is 0 Å². The van der Waals surface area contributed by atoms with Gasteiger partial charge in [0, 0.05) is 11.9 Å². The molecule has 0 spiro atoms. The van der Waals surface area contributed by atoms with Crippen molar-refractivity contribution in [2.45, 2.75) is 13.0 Å². The Labute approximate surface area is 96.6 Å². The Morgan fingerprint density at radius 1 is 1.67 bits per heavy atom. The molecule has 0 saturated heterocycles. The van der Waals surface area contributed by atoms with E-state index in [0.717, 1.165) is 5.57 Å². The molecule has 0 aliphatic carbocycles. The molecule has 1 atom stereocenters. The van der Waals surface area contributed by atoms with E-state index in [2.05, 4.69) is 21.2 Å². The molecule has 86 valence electrons. The van der Waals surface area contributed by atoms with Gasteiger partial charge in [-0.05, 0) is 18.6 Å². The fourth-order valence-electron chi connectivity index (χ4n) is 0.864. The number of carboxylic acid groups (broad SMARTS) is 1. The van der Waals surface area contributed by atoms with Gasteiger partial charge in [0.15, 0.2) is 0 Å². The smallest absolute Gasteiger partial charge is 0.330 e. The van der Waals surface area contributed by atoms with Gasteiger partial charge in [-0.15, -0.1) is 0 Å². The van der Waals surface area contributed by atoms with Gasteiger partial charge < -0.3 is 15.2 Å². The lowest BCUT2D eigenvalue weighted by Crippen LogP contribution is -2.34. The molecule has 0 aromatic carbocycles. The second-order valence-corrected chi connectivity index (χ2v) is 3.26. The molecule has 0 fully saturated rings. The first-order chi connectivity index (χ1) is 7.15. The maximum Gasteiger partial charge on any atom is 0.330 e. The minimum atomic E-state index is -1.10. The first-order valence-corrected chi connectivity index (χ1v) is 5.53. The highest BCUT2D eigenvalue weighted by molar-refractivity contribution is 9.09. The van der Waals surface area contributed by atoms with Crippen molar-refractivity contribution in [2.75, 3.05) is 18.5 Å². The van der Waals surface area contributed by atoms with Crippen LogP contribution in [0.15, 0.2) is 11.6 Å². The van der Waals surface area contributed by atoms with Gasteiger partial charge in [0.2, 0.25) is 6.41 Å². The van der Waals surface area contributed by atoms with Crippen LogP contribution in [-0.4, -0.2) is 42.1 Å². The fourth-order valence-corrected chi connectivity index (χ4v) is 1.21. The molecule has 0 aliphatic heterocycles. The molecule has 0 rings (SSSR count). The number of carbonyl (C=O) groups excluding carboxylic acids is 1.